The van der Waals surface area contributed by atoms with Crippen LogP contribution in [0.15, 0.2) is 42.5 Å². The van der Waals surface area contributed by atoms with E-state index in [1.165, 1.54) is 12.1 Å². The van der Waals surface area contributed by atoms with Gasteiger partial charge in [0.25, 0.3) is 5.91 Å². The third-order valence-electron chi connectivity index (χ3n) is 2.74. The van der Waals surface area contributed by atoms with Crippen LogP contribution in [0.1, 0.15) is 21.5 Å². The van der Waals surface area contributed by atoms with Gasteiger partial charge in [0.15, 0.2) is 0 Å². The van der Waals surface area contributed by atoms with E-state index >= 15 is 0 Å². The summed E-state index contributed by atoms with van der Waals surface area (Å²) < 4.78 is 13.2. The minimum Gasteiger partial charge on any atom is -0.399 e. The van der Waals surface area contributed by atoms with E-state index in [2.05, 4.69) is 5.32 Å². The molecule has 2 aromatic rings. The van der Waals surface area contributed by atoms with E-state index < -0.39 is 5.82 Å². The summed E-state index contributed by atoms with van der Waals surface area (Å²) in [5, 5.41) is 2.74. The summed E-state index contributed by atoms with van der Waals surface area (Å²) >= 11 is 0. The number of nitrogens with two attached hydrogens (primary N) is 1. The lowest BCUT2D eigenvalue weighted by atomic mass is 10.1. The SMILES string of the molecule is Cc1cc(F)cc(C(=O)NCc2ccc(N)cc2)c1. The molecule has 0 saturated heterocycles. The molecule has 0 saturated carbocycles. The number of halogens is 1. The van der Waals surface area contributed by atoms with E-state index in [1.54, 1.807) is 25.1 Å². The standard InChI is InChI=1S/C15H15FN2O/c1-10-6-12(8-13(16)7-10)15(19)18-9-11-2-4-14(17)5-3-11/h2-8H,9,17H2,1H3,(H,18,19). The van der Waals surface area contributed by atoms with E-state index in [4.69, 9.17) is 5.73 Å². The lowest BCUT2D eigenvalue weighted by Crippen LogP contribution is -2.23. The molecule has 0 fully saturated rings. The smallest absolute Gasteiger partial charge is 0.251 e. The molecule has 3 nitrogen and oxygen atoms in total. The van der Waals surface area contributed by atoms with Gasteiger partial charge in [-0.15, -0.1) is 0 Å². The Morgan fingerprint density at radius 1 is 1.21 bits per heavy atom. The summed E-state index contributed by atoms with van der Waals surface area (Å²) in [5.74, 6) is -0.697. The summed E-state index contributed by atoms with van der Waals surface area (Å²) in [5.41, 5.74) is 8.24. The Hall–Kier alpha value is -2.36. The molecule has 3 N–H and O–H groups in total. The van der Waals surface area contributed by atoms with Gasteiger partial charge in [-0.1, -0.05) is 12.1 Å². The molecule has 2 rings (SSSR count). The molecule has 2 aromatic carbocycles. The number of nitrogens with one attached hydrogen (secondary N) is 1. The predicted molar refractivity (Wildman–Crippen MR) is 73.2 cm³/mol. The number of rotatable bonds is 3. The van der Waals surface area contributed by atoms with Gasteiger partial charge in [0.05, 0.1) is 0 Å². The van der Waals surface area contributed by atoms with Gasteiger partial charge in [0.2, 0.25) is 0 Å². The quantitative estimate of drug-likeness (QED) is 0.831. The molecule has 4 heteroatoms. The Morgan fingerprint density at radius 2 is 1.89 bits per heavy atom. The Bertz CT molecular complexity index is 573. The fourth-order valence-electron chi connectivity index (χ4n) is 1.79. The Balaban J connectivity index is 2.03. The van der Waals surface area contributed by atoms with Gasteiger partial charge in [-0.25, -0.2) is 4.39 Å². The zero-order valence-electron chi connectivity index (χ0n) is 10.6. The van der Waals surface area contributed by atoms with Crippen molar-refractivity contribution in [2.75, 3.05) is 5.73 Å². The molecular weight excluding hydrogens is 243 g/mol. The number of carbonyl (C=O) groups is 1. The average molecular weight is 258 g/mol. The second-order valence-electron chi connectivity index (χ2n) is 4.44. The molecule has 0 aliphatic heterocycles. The number of carbonyl (C=O) groups excluding carboxylic acids is 1. The minimum atomic E-state index is -0.405. The van der Waals surface area contributed by atoms with Crippen molar-refractivity contribution in [3.8, 4) is 0 Å². The maximum atomic E-state index is 13.2. The lowest BCUT2D eigenvalue weighted by molar-refractivity contribution is 0.0950. The van der Waals surface area contributed by atoms with Crippen LogP contribution in [0, 0.1) is 12.7 Å². The van der Waals surface area contributed by atoms with Crippen molar-refractivity contribution < 1.29 is 9.18 Å². The van der Waals surface area contributed by atoms with Crippen LogP contribution < -0.4 is 11.1 Å². The van der Waals surface area contributed by atoms with Gasteiger partial charge >= 0.3 is 0 Å². The predicted octanol–water partition coefficient (Wildman–Crippen LogP) is 2.65. The molecule has 98 valence electrons. The van der Waals surface area contributed by atoms with E-state index in [0.29, 0.717) is 17.8 Å². The maximum absolute atomic E-state index is 13.2. The number of hydrogen-bond donors (Lipinski definition) is 2. The van der Waals surface area contributed by atoms with Crippen LogP contribution in [-0.4, -0.2) is 5.91 Å². The Kier molecular flexibility index (Phi) is 3.80. The lowest BCUT2D eigenvalue weighted by Gasteiger charge is -2.06. The molecule has 0 atom stereocenters. The molecule has 0 bridgehead atoms. The van der Waals surface area contributed by atoms with Crippen molar-refractivity contribution in [2.24, 2.45) is 0 Å². The second-order valence-corrected chi connectivity index (χ2v) is 4.44. The highest BCUT2D eigenvalue weighted by Crippen LogP contribution is 2.09. The van der Waals surface area contributed by atoms with Crippen LogP contribution >= 0.6 is 0 Å². The molecule has 0 aliphatic rings. The van der Waals surface area contributed by atoms with Gasteiger partial charge < -0.3 is 11.1 Å². The summed E-state index contributed by atoms with van der Waals surface area (Å²) in [6.45, 7) is 2.13. The summed E-state index contributed by atoms with van der Waals surface area (Å²) in [6.07, 6.45) is 0. The largest absolute Gasteiger partial charge is 0.399 e. The number of anilines is 1. The number of aryl methyl sites for hydroxylation is 1. The van der Waals surface area contributed by atoms with Gasteiger partial charge in [-0.2, -0.15) is 0 Å². The first kappa shape index (κ1) is 13.1. The van der Waals surface area contributed by atoms with Gasteiger partial charge in [0.1, 0.15) is 5.82 Å². The third kappa shape index (κ3) is 3.55. The van der Waals surface area contributed by atoms with E-state index in [9.17, 15) is 9.18 Å². The minimum absolute atomic E-state index is 0.292. The molecule has 1 amide bonds. The molecule has 0 unspecified atom stereocenters. The van der Waals surface area contributed by atoms with Gasteiger partial charge in [-0.3, -0.25) is 4.79 Å². The van der Waals surface area contributed by atoms with Crippen molar-refractivity contribution >= 4 is 11.6 Å². The molecular formula is C15H15FN2O. The van der Waals surface area contributed by atoms with Crippen LogP contribution in [0.3, 0.4) is 0 Å². The van der Waals surface area contributed by atoms with Crippen LogP contribution in [0.2, 0.25) is 0 Å². The Morgan fingerprint density at radius 3 is 2.53 bits per heavy atom. The maximum Gasteiger partial charge on any atom is 0.251 e. The van der Waals surface area contributed by atoms with Crippen molar-refractivity contribution in [1.82, 2.24) is 5.32 Å². The molecule has 0 aromatic heterocycles. The highest BCUT2D eigenvalue weighted by atomic mass is 19.1. The van der Waals surface area contributed by atoms with Crippen molar-refractivity contribution in [3.63, 3.8) is 0 Å². The van der Waals surface area contributed by atoms with E-state index in [-0.39, 0.29) is 5.91 Å². The Labute approximate surface area is 111 Å². The average Bonchev–Trinajstić information content (AvgIpc) is 2.36. The highest BCUT2D eigenvalue weighted by molar-refractivity contribution is 5.94. The first-order chi connectivity index (χ1) is 9.04. The molecule has 19 heavy (non-hydrogen) atoms. The highest BCUT2D eigenvalue weighted by Gasteiger charge is 2.07. The topological polar surface area (TPSA) is 55.1 Å². The van der Waals surface area contributed by atoms with Crippen LogP contribution in [-0.2, 0) is 6.54 Å². The van der Waals surface area contributed by atoms with Crippen molar-refractivity contribution in [2.45, 2.75) is 13.5 Å². The number of nitrogen functional groups attached to an aromatic ring is 1. The fraction of sp³-hybridized carbons (Fsp3) is 0.133. The van der Waals surface area contributed by atoms with Gasteiger partial charge in [0, 0.05) is 17.8 Å². The zero-order chi connectivity index (χ0) is 13.8. The molecule has 0 aliphatic carbocycles. The zero-order valence-corrected chi connectivity index (χ0v) is 10.6. The monoisotopic (exact) mass is 258 g/mol. The number of amides is 1. The summed E-state index contributed by atoms with van der Waals surface area (Å²) in [4.78, 5) is 11.9. The van der Waals surface area contributed by atoms with E-state index in [0.717, 1.165) is 11.1 Å². The van der Waals surface area contributed by atoms with Crippen molar-refractivity contribution in [1.29, 1.82) is 0 Å². The fourth-order valence-corrected chi connectivity index (χ4v) is 1.79. The van der Waals surface area contributed by atoms with E-state index in [1.807, 2.05) is 12.1 Å². The first-order valence-corrected chi connectivity index (χ1v) is 5.94. The summed E-state index contributed by atoms with van der Waals surface area (Å²) in [6, 6.07) is 11.5. The number of hydrogen-bond acceptors (Lipinski definition) is 2. The molecule has 0 radical (unpaired) electrons. The first-order valence-electron chi connectivity index (χ1n) is 5.94. The molecule has 0 heterocycles. The van der Waals surface area contributed by atoms with Crippen LogP contribution in [0.25, 0.3) is 0 Å². The third-order valence-corrected chi connectivity index (χ3v) is 2.74. The van der Waals surface area contributed by atoms with Crippen LogP contribution in [0.4, 0.5) is 10.1 Å². The van der Waals surface area contributed by atoms with Gasteiger partial charge in [-0.05, 0) is 48.4 Å². The van der Waals surface area contributed by atoms with Crippen LogP contribution in [0.5, 0.6) is 0 Å². The summed E-state index contributed by atoms with van der Waals surface area (Å²) in [7, 11) is 0. The number of benzene rings is 2. The normalized spacial score (nSPS) is 10.2. The molecule has 0 spiro atoms. The second kappa shape index (κ2) is 5.52. The van der Waals surface area contributed by atoms with Crippen molar-refractivity contribution in [3.05, 3.63) is 65.0 Å².